The van der Waals surface area contributed by atoms with Gasteiger partial charge in [-0.15, -0.1) is 0 Å². The minimum Gasteiger partial charge on any atom is -0.365 e. The Balaban J connectivity index is 1.52. The summed E-state index contributed by atoms with van der Waals surface area (Å²) in [7, 11) is 1.70. The first-order chi connectivity index (χ1) is 13.9. The lowest BCUT2D eigenvalue weighted by atomic mass is 10.1. The molecule has 1 aliphatic heterocycles. The lowest BCUT2D eigenvalue weighted by Crippen LogP contribution is -2.54. The number of nitrogens with zero attached hydrogens (tertiary/aromatic N) is 3. The third kappa shape index (κ3) is 3.70. The highest BCUT2D eigenvalue weighted by Crippen LogP contribution is 2.24. The number of aryl methyl sites for hydroxylation is 2. The van der Waals surface area contributed by atoms with Crippen LogP contribution in [-0.2, 0) is 7.05 Å². The molecule has 6 heteroatoms. The lowest BCUT2D eigenvalue weighted by molar-refractivity contribution is 0.200. The van der Waals surface area contributed by atoms with E-state index in [0.29, 0.717) is 24.2 Å². The highest BCUT2D eigenvalue weighted by molar-refractivity contribution is 6.01. The Morgan fingerprint density at radius 1 is 1.07 bits per heavy atom. The molecule has 29 heavy (non-hydrogen) atoms. The summed E-state index contributed by atoms with van der Waals surface area (Å²) < 4.78 is 1.51. The minimum atomic E-state index is -0.135. The number of carbonyl (C=O) groups is 1. The van der Waals surface area contributed by atoms with E-state index in [4.69, 9.17) is 0 Å². The summed E-state index contributed by atoms with van der Waals surface area (Å²) in [5.41, 5.74) is 3.01. The fourth-order valence-corrected chi connectivity index (χ4v) is 4.04. The van der Waals surface area contributed by atoms with E-state index in [2.05, 4.69) is 48.3 Å². The van der Waals surface area contributed by atoms with Gasteiger partial charge >= 0.3 is 6.03 Å². The fourth-order valence-electron chi connectivity index (χ4n) is 4.04. The predicted octanol–water partition coefficient (Wildman–Crippen LogP) is 3.59. The zero-order valence-corrected chi connectivity index (χ0v) is 17.1. The van der Waals surface area contributed by atoms with Gasteiger partial charge < -0.3 is 19.7 Å². The molecule has 2 aromatic carbocycles. The zero-order chi connectivity index (χ0) is 20.5. The number of rotatable bonds is 2. The van der Waals surface area contributed by atoms with Gasteiger partial charge in [0.05, 0.1) is 5.69 Å². The van der Waals surface area contributed by atoms with Crippen LogP contribution in [0, 0.1) is 6.92 Å². The van der Waals surface area contributed by atoms with Crippen LogP contribution in [-0.4, -0.2) is 41.2 Å². The monoisotopic (exact) mass is 390 g/mol. The van der Waals surface area contributed by atoms with Crippen LogP contribution in [0.15, 0.2) is 59.5 Å². The van der Waals surface area contributed by atoms with Crippen molar-refractivity contribution >= 4 is 28.2 Å². The molecule has 6 nitrogen and oxygen atoms in total. The Hall–Kier alpha value is -3.28. The molecule has 0 bridgehead atoms. The highest BCUT2D eigenvalue weighted by Gasteiger charge is 2.27. The van der Waals surface area contributed by atoms with Crippen molar-refractivity contribution < 1.29 is 4.79 Å². The van der Waals surface area contributed by atoms with Crippen molar-refractivity contribution in [2.75, 3.05) is 29.9 Å². The van der Waals surface area contributed by atoms with Gasteiger partial charge in [-0.1, -0.05) is 30.3 Å². The van der Waals surface area contributed by atoms with Crippen molar-refractivity contribution in [3.05, 3.63) is 70.6 Å². The number of piperazine rings is 1. The Kier molecular flexibility index (Phi) is 5.01. The van der Waals surface area contributed by atoms with E-state index < -0.39 is 0 Å². The molecule has 3 aromatic rings. The topological polar surface area (TPSA) is 57.6 Å². The van der Waals surface area contributed by atoms with Gasteiger partial charge in [-0.25, -0.2) is 4.79 Å². The quantitative estimate of drug-likeness (QED) is 0.728. The molecule has 2 amide bonds. The molecule has 1 N–H and O–H groups in total. The average Bonchev–Trinajstić information content (AvgIpc) is 2.71. The lowest BCUT2D eigenvalue weighted by Gasteiger charge is -2.41. The Bertz CT molecular complexity index is 1120. The van der Waals surface area contributed by atoms with Gasteiger partial charge in [0, 0.05) is 55.4 Å². The SMILES string of the molecule is Cc1cccc(N2CCN(C(=O)Nc3cn(C)c(=O)c4ccccc34)C[C@H]2C)c1. The second kappa shape index (κ2) is 7.62. The van der Waals surface area contributed by atoms with E-state index in [1.54, 1.807) is 19.3 Å². The van der Waals surface area contributed by atoms with Crippen molar-refractivity contribution in [1.29, 1.82) is 0 Å². The van der Waals surface area contributed by atoms with Crippen molar-refractivity contribution in [1.82, 2.24) is 9.47 Å². The summed E-state index contributed by atoms with van der Waals surface area (Å²) in [6.45, 7) is 6.31. The molecular weight excluding hydrogens is 364 g/mol. The molecule has 1 saturated heterocycles. The van der Waals surface area contributed by atoms with Crippen LogP contribution in [0.3, 0.4) is 0 Å². The number of pyridine rings is 1. The number of benzene rings is 2. The van der Waals surface area contributed by atoms with Crippen LogP contribution in [0.25, 0.3) is 10.8 Å². The van der Waals surface area contributed by atoms with Crippen molar-refractivity contribution in [3.63, 3.8) is 0 Å². The molecule has 1 fully saturated rings. The fraction of sp³-hybridized carbons (Fsp3) is 0.304. The first-order valence-corrected chi connectivity index (χ1v) is 9.91. The molecule has 0 aliphatic carbocycles. The number of fused-ring (bicyclic) bond motifs is 1. The number of nitrogens with one attached hydrogen (secondary N) is 1. The average molecular weight is 390 g/mol. The first-order valence-electron chi connectivity index (χ1n) is 9.91. The molecule has 0 spiro atoms. The molecule has 1 atom stereocenters. The number of anilines is 2. The molecular formula is C23H26N4O2. The van der Waals surface area contributed by atoms with Crippen LogP contribution in [0.1, 0.15) is 12.5 Å². The number of hydrogen-bond acceptors (Lipinski definition) is 3. The Labute approximate surface area is 170 Å². The molecule has 2 heterocycles. The maximum absolute atomic E-state index is 13.0. The number of hydrogen-bond donors (Lipinski definition) is 1. The molecule has 4 rings (SSSR count). The van der Waals surface area contributed by atoms with Crippen LogP contribution >= 0.6 is 0 Å². The van der Waals surface area contributed by atoms with Crippen LogP contribution < -0.4 is 15.8 Å². The van der Waals surface area contributed by atoms with Crippen molar-refractivity contribution in [2.45, 2.75) is 19.9 Å². The second-order valence-corrected chi connectivity index (χ2v) is 7.76. The van der Waals surface area contributed by atoms with Gasteiger partial charge in [0.1, 0.15) is 0 Å². The predicted molar refractivity (Wildman–Crippen MR) is 118 cm³/mol. The second-order valence-electron chi connectivity index (χ2n) is 7.76. The minimum absolute atomic E-state index is 0.0704. The van der Waals surface area contributed by atoms with E-state index in [-0.39, 0.29) is 17.6 Å². The normalized spacial score (nSPS) is 16.9. The summed E-state index contributed by atoms with van der Waals surface area (Å²) in [4.78, 5) is 29.5. The van der Waals surface area contributed by atoms with E-state index >= 15 is 0 Å². The zero-order valence-electron chi connectivity index (χ0n) is 17.1. The maximum Gasteiger partial charge on any atom is 0.322 e. The number of amides is 2. The summed E-state index contributed by atoms with van der Waals surface area (Å²) in [6, 6.07) is 15.9. The van der Waals surface area contributed by atoms with Crippen LogP contribution in [0.5, 0.6) is 0 Å². The molecule has 150 valence electrons. The summed E-state index contributed by atoms with van der Waals surface area (Å²) in [5, 5.41) is 4.38. The van der Waals surface area contributed by atoms with E-state index in [0.717, 1.165) is 11.9 Å². The Morgan fingerprint density at radius 3 is 2.55 bits per heavy atom. The maximum atomic E-state index is 13.0. The smallest absolute Gasteiger partial charge is 0.322 e. The molecule has 0 radical (unpaired) electrons. The molecule has 0 unspecified atom stereocenters. The van der Waals surface area contributed by atoms with Gasteiger partial charge in [0.2, 0.25) is 0 Å². The first kappa shape index (κ1) is 19.1. The Morgan fingerprint density at radius 2 is 1.83 bits per heavy atom. The largest absolute Gasteiger partial charge is 0.365 e. The molecule has 1 aromatic heterocycles. The number of aromatic nitrogens is 1. The standard InChI is InChI=1S/C23H26N4O2/c1-16-7-6-8-18(13-16)27-12-11-26(14-17(27)2)23(29)24-21-15-25(3)22(28)20-10-5-4-9-19(20)21/h4-10,13,15,17H,11-12,14H2,1-3H3,(H,24,29)/t17-/m1/s1. The van der Waals surface area contributed by atoms with Crippen LogP contribution in [0.2, 0.25) is 0 Å². The summed E-state index contributed by atoms with van der Waals surface area (Å²) in [6.07, 6.45) is 1.69. The third-order valence-corrected chi connectivity index (χ3v) is 5.58. The van der Waals surface area contributed by atoms with Gasteiger partial charge in [-0.3, -0.25) is 4.79 Å². The van der Waals surface area contributed by atoms with Crippen LogP contribution in [0.4, 0.5) is 16.2 Å². The van der Waals surface area contributed by atoms with Crippen molar-refractivity contribution in [3.8, 4) is 0 Å². The van der Waals surface area contributed by atoms with Gasteiger partial charge in [-0.2, -0.15) is 0 Å². The summed E-state index contributed by atoms with van der Waals surface area (Å²) in [5.74, 6) is 0. The van der Waals surface area contributed by atoms with E-state index in [9.17, 15) is 9.59 Å². The molecule has 1 aliphatic rings. The van der Waals surface area contributed by atoms with E-state index in [1.165, 1.54) is 15.8 Å². The number of urea groups is 1. The highest BCUT2D eigenvalue weighted by atomic mass is 16.2. The van der Waals surface area contributed by atoms with Gasteiger partial charge in [0.25, 0.3) is 5.56 Å². The van der Waals surface area contributed by atoms with Crippen molar-refractivity contribution in [2.24, 2.45) is 7.05 Å². The third-order valence-electron chi connectivity index (χ3n) is 5.58. The van der Waals surface area contributed by atoms with Gasteiger partial charge in [-0.05, 0) is 37.6 Å². The molecule has 0 saturated carbocycles. The number of carbonyl (C=O) groups excluding carboxylic acids is 1. The van der Waals surface area contributed by atoms with E-state index in [1.807, 2.05) is 23.1 Å². The van der Waals surface area contributed by atoms with Gasteiger partial charge in [0.15, 0.2) is 0 Å². The summed E-state index contributed by atoms with van der Waals surface area (Å²) >= 11 is 0.